The van der Waals surface area contributed by atoms with Crippen molar-refractivity contribution in [2.75, 3.05) is 43.2 Å². The van der Waals surface area contributed by atoms with Crippen molar-refractivity contribution in [1.82, 2.24) is 9.97 Å². The fourth-order valence-corrected chi connectivity index (χ4v) is 2.89. The molecule has 1 aliphatic rings. The first-order valence-corrected chi connectivity index (χ1v) is 8.31. The zero-order valence-electron chi connectivity index (χ0n) is 14.2. The molecule has 0 bridgehead atoms. The van der Waals surface area contributed by atoms with Gasteiger partial charge in [-0.3, -0.25) is 0 Å². The van der Waals surface area contributed by atoms with E-state index in [4.69, 9.17) is 4.74 Å². The Balaban J connectivity index is 1.69. The number of hydrogen-bond donors (Lipinski definition) is 0. The van der Waals surface area contributed by atoms with E-state index < -0.39 is 0 Å². The molecule has 6 heteroatoms. The third-order valence-corrected chi connectivity index (χ3v) is 4.27. The molecule has 0 unspecified atom stereocenters. The summed E-state index contributed by atoms with van der Waals surface area (Å²) in [6.45, 7) is 5.88. The van der Waals surface area contributed by atoms with Gasteiger partial charge in [0.25, 0.3) is 0 Å². The quantitative estimate of drug-likeness (QED) is 0.843. The van der Waals surface area contributed by atoms with Crippen molar-refractivity contribution < 1.29 is 9.13 Å². The summed E-state index contributed by atoms with van der Waals surface area (Å²) in [6.07, 6.45) is 1.98. The Bertz CT molecular complexity index is 671. The second-order valence-corrected chi connectivity index (χ2v) is 5.93. The van der Waals surface area contributed by atoms with Gasteiger partial charge in [-0.05, 0) is 24.1 Å². The summed E-state index contributed by atoms with van der Waals surface area (Å²) in [6, 6.07) is 8.40. The number of halogens is 1. The standard InChI is InChI=1S/C18H23FN4O/c1-3-16-17(19)18(21-13-20-16)22(2)12-14-4-6-15(7-5-14)23-8-10-24-11-9-23/h4-7,13H,3,8-12H2,1-2H3. The molecule has 1 aromatic carbocycles. The minimum Gasteiger partial charge on any atom is -0.378 e. The second kappa shape index (κ2) is 7.57. The van der Waals surface area contributed by atoms with Crippen molar-refractivity contribution in [1.29, 1.82) is 0 Å². The minimum atomic E-state index is -0.326. The highest BCUT2D eigenvalue weighted by Gasteiger charge is 2.15. The molecular weight excluding hydrogens is 307 g/mol. The van der Waals surface area contributed by atoms with Crippen molar-refractivity contribution in [3.8, 4) is 0 Å². The summed E-state index contributed by atoms with van der Waals surface area (Å²) in [5.41, 5.74) is 2.77. The van der Waals surface area contributed by atoms with Crippen LogP contribution in [0.5, 0.6) is 0 Å². The Morgan fingerprint density at radius 3 is 2.54 bits per heavy atom. The van der Waals surface area contributed by atoms with Gasteiger partial charge in [0, 0.05) is 32.4 Å². The molecule has 3 rings (SSSR count). The first kappa shape index (κ1) is 16.6. The third-order valence-electron chi connectivity index (χ3n) is 4.27. The van der Waals surface area contributed by atoms with Gasteiger partial charge in [-0.2, -0.15) is 0 Å². The van der Waals surface area contributed by atoms with Crippen molar-refractivity contribution in [2.45, 2.75) is 19.9 Å². The predicted octanol–water partition coefficient (Wildman–Crippen LogP) is 2.65. The lowest BCUT2D eigenvalue weighted by Gasteiger charge is -2.29. The fraction of sp³-hybridized carbons (Fsp3) is 0.444. The van der Waals surface area contributed by atoms with Crippen LogP contribution in [0.2, 0.25) is 0 Å². The molecule has 2 aromatic rings. The Kier molecular flexibility index (Phi) is 5.25. The zero-order chi connectivity index (χ0) is 16.9. The Labute approximate surface area is 142 Å². The maximum Gasteiger partial charge on any atom is 0.187 e. The average molecular weight is 330 g/mol. The molecule has 0 radical (unpaired) electrons. The number of benzene rings is 1. The van der Waals surface area contributed by atoms with Crippen molar-refractivity contribution in [3.63, 3.8) is 0 Å². The van der Waals surface area contributed by atoms with E-state index >= 15 is 0 Å². The number of morpholine rings is 1. The fourth-order valence-electron chi connectivity index (χ4n) is 2.89. The van der Waals surface area contributed by atoms with Gasteiger partial charge in [0.15, 0.2) is 11.6 Å². The van der Waals surface area contributed by atoms with Crippen LogP contribution in [-0.4, -0.2) is 43.3 Å². The summed E-state index contributed by atoms with van der Waals surface area (Å²) in [5.74, 6) is 0.0199. The van der Waals surface area contributed by atoms with Crippen LogP contribution in [0.25, 0.3) is 0 Å². The maximum atomic E-state index is 14.3. The minimum absolute atomic E-state index is 0.326. The monoisotopic (exact) mass is 330 g/mol. The molecule has 0 amide bonds. The van der Waals surface area contributed by atoms with Gasteiger partial charge < -0.3 is 14.5 Å². The van der Waals surface area contributed by atoms with Gasteiger partial charge in [0.1, 0.15) is 6.33 Å². The number of aromatic nitrogens is 2. The average Bonchev–Trinajstić information content (AvgIpc) is 2.63. The number of rotatable bonds is 5. The second-order valence-electron chi connectivity index (χ2n) is 5.93. The van der Waals surface area contributed by atoms with Crippen LogP contribution in [0.4, 0.5) is 15.9 Å². The molecule has 2 heterocycles. The first-order valence-electron chi connectivity index (χ1n) is 8.31. The van der Waals surface area contributed by atoms with Gasteiger partial charge in [0.2, 0.25) is 0 Å². The number of ether oxygens (including phenoxy) is 1. The van der Waals surface area contributed by atoms with E-state index in [9.17, 15) is 4.39 Å². The highest BCUT2D eigenvalue weighted by atomic mass is 19.1. The smallest absolute Gasteiger partial charge is 0.187 e. The lowest BCUT2D eigenvalue weighted by molar-refractivity contribution is 0.122. The molecule has 0 atom stereocenters. The summed E-state index contributed by atoms with van der Waals surface area (Å²) in [7, 11) is 1.85. The van der Waals surface area contributed by atoms with Crippen molar-refractivity contribution in [3.05, 3.63) is 47.7 Å². The van der Waals surface area contributed by atoms with Gasteiger partial charge >= 0.3 is 0 Å². The normalized spacial score (nSPS) is 14.7. The molecule has 0 N–H and O–H groups in total. The Morgan fingerprint density at radius 2 is 1.88 bits per heavy atom. The van der Waals surface area contributed by atoms with Crippen LogP contribution in [0.1, 0.15) is 18.2 Å². The summed E-state index contributed by atoms with van der Waals surface area (Å²) in [5, 5.41) is 0. The van der Waals surface area contributed by atoms with Crippen LogP contribution in [-0.2, 0) is 17.7 Å². The molecule has 128 valence electrons. The maximum absolute atomic E-state index is 14.3. The molecule has 1 fully saturated rings. The molecule has 0 spiro atoms. The van der Waals surface area contributed by atoms with E-state index in [1.807, 2.05) is 18.9 Å². The number of anilines is 2. The molecule has 1 saturated heterocycles. The van der Waals surface area contributed by atoms with E-state index in [0.717, 1.165) is 31.9 Å². The van der Waals surface area contributed by atoms with E-state index in [-0.39, 0.29) is 5.82 Å². The molecule has 1 aliphatic heterocycles. The lowest BCUT2D eigenvalue weighted by atomic mass is 10.1. The highest BCUT2D eigenvalue weighted by Crippen LogP contribution is 2.21. The summed E-state index contributed by atoms with van der Waals surface area (Å²) < 4.78 is 19.7. The molecule has 0 aliphatic carbocycles. The van der Waals surface area contributed by atoms with E-state index in [1.165, 1.54) is 12.0 Å². The van der Waals surface area contributed by atoms with Crippen LogP contribution in [0, 0.1) is 5.82 Å². The van der Waals surface area contributed by atoms with E-state index in [2.05, 4.69) is 39.1 Å². The number of hydrogen-bond acceptors (Lipinski definition) is 5. The molecule has 0 saturated carbocycles. The zero-order valence-corrected chi connectivity index (χ0v) is 14.2. The lowest BCUT2D eigenvalue weighted by Crippen LogP contribution is -2.36. The van der Waals surface area contributed by atoms with Crippen LogP contribution in [0.3, 0.4) is 0 Å². The van der Waals surface area contributed by atoms with Gasteiger partial charge in [0.05, 0.1) is 18.9 Å². The number of aryl methyl sites for hydroxylation is 1. The third kappa shape index (κ3) is 3.64. The summed E-state index contributed by atoms with van der Waals surface area (Å²) >= 11 is 0. The van der Waals surface area contributed by atoms with Crippen molar-refractivity contribution >= 4 is 11.5 Å². The van der Waals surface area contributed by atoms with Gasteiger partial charge in [-0.25, -0.2) is 14.4 Å². The van der Waals surface area contributed by atoms with Crippen LogP contribution >= 0.6 is 0 Å². The Hall–Kier alpha value is -2.21. The molecule has 5 nitrogen and oxygen atoms in total. The van der Waals surface area contributed by atoms with E-state index in [0.29, 0.717) is 24.5 Å². The topological polar surface area (TPSA) is 41.5 Å². The largest absolute Gasteiger partial charge is 0.378 e. The van der Waals surface area contributed by atoms with Gasteiger partial charge in [-0.15, -0.1) is 0 Å². The first-order chi connectivity index (χ1) is 11.7. The molecule has 24 heavy (non-hydrogen) atoms. The SMILES string of the molecule is CCc1ncnc(N(C)Cc2ccc(N3CCOCC3)cc2)c1F. The van der Waals surface area contributed by atoms with Crippen molar-refractivity contribution in [2.24, 2.45) is 0 Å². The van der Waals surface area contributed by atoms with Crippen LogP contribution in [0.15, 0.2) is 30.6 Å². The highest BCUT2D eigenvalue weighted by molar-refractivity contribution is 5.49. The molecular formula is C18H23FN4O. The number of nitrogens with zero attached hydrogens (tertiary/aromatic N) is 4. The van der Waals surface area contributed by atoms with E-state index in [1.54, 1.807) is 0 Å². The predicted molar refractivity (Wildman–Crippen MR) is 92.9 cm³/mol. The van der Waals surface area contributed by atoms with Gasteiger partial charge in [-0.1, -0.05) is 19.1 Å². The molecule has 1 aromatic heterocycles. The Morgan fingerprint density at radius 1 is 1.17 bits per heavy atom. The van der Waals surface area contributed by atoms with Crippen LogP contribution < -0.4 is 9.80 Å². The summed E-state index contributed by atoms with van der Waals surface area (Å²) in [4.78, 5) is 12.2.